The van der Waals surface area contributed by atoms with E-state index in [9.17, 15) is 9.59 Å². The van der Waals surface area contributed by atoms with Crippen LogP contribution in [-0.4, -0.2) is 51.6 Å². The molecule has 4 unspecified atom stereocenters. The zero-order valence-corrected chi connectivity index (χ0v) is 13.0. The van der Waals surface area contributed by atoms with Crippen LogP contribution in [0.1, 0.15) is 39.5 Å². The quantitative estimate of drug-likeness (QED) is 0.835. The molecule has 1 saturated carbocycles. The molecule has 1 aliphatic heterocycles. The lowest BCUT2D eigenvalue weighted by atomic mass is 10.0. The third kappa shape index (κ3) is 3.40. The van der Waals surface area contributed by atoms with Gasteiger partial charge >= 0.3 is 12.0 Å². The highest BCUT2D eigenvalue weighted by Crippen LogP contribution is 2.30. The van der Waals surface area contributed by atoms with Gasteiger partial charge in [-0.15, -0.1) is 0 Å². The Labute approximate surface area is 124 Å². The molecular weight excluding hydrogens is 276 g/mol. The number of urea groups is 1. The van der Waals surface area contributed by atoms with Gasteiger partial charge in [-0.25, -0.2) is 4.79 Å². The predicted molar refractivity (Wildman–Crippen MR) is 80.0 cm³/mol. The fraction of sp³-hybridized carbons (Fsp3) is 0.857. The summed E-state index contributed by atoms with van der Waals surface area (Å²) >= 11 is 1.96. The molecule has 0 spiro atoms. The number of thioether (sulfide) groups is 1. The molecule has 6 heteroatoms. The lowest BCUT2D eigenvalue weighted by molar-refractivity contribution is -0.142. The Balaban J connectivity index is 1.83. The molecule has 4 atom stereocenters. The molecule has 20 heavy (non-hydrogen) atoms. The number of hydrogen-bond acceptors (Lipinski definition) is 3. The second-order valence-electron chi connectivity index (χ2n) is 5.70. The van der Waals surface area contributed by atoms with Crippen molar-refractivity contribution in [3.8, 4) is 0 Å². The number of amides is 2. The Morgan fingerprint density at radius 1 is 1.35 bits per heavy atom. The van der Waals surface area contributed by atoms with Gasteiger partial charge in [-0.1, -0.05) is 6.92 Å². The fourth-order valence-electron chi connectivity index (χ4n) is 3.27. The summed E-state index contributed by atoms with van der Waals surface area (Å²) in [4.78, 5) is 25.0. The summed E-state index contributed by atoms with van der Waals surface area (Å²) in [5.74, 6) is -0.102. The van der Waals surface area contributed by atoms with Crippen LogP contribution in [0.5, 0.6) is 0 Å². The van der Waals surface area contributed by atoms with E-state index >= 15 is 0 Å². The van der Waals surface area contributed by atoms with E-state index in [2.05, 4.69) is 12.2 Å². The molecule has 2 aliphatic rings. The standard InChI is InChI=1S/C14H24N2O3S/c1-3-20-11-5-4-10(8-11)15-14(19)16-7-6-12(9(16)2)13(17)18/h9-12H,3-8H2,1-2H3,(H,15,19)(H,17,18). The summed E-state index contributed by atoms with van der Waals surface area (Å²) < 4.78 is 0. The van der Waals surface area contributed by atoms with Gasteiger partial charge in [-0.3, -0.25) is 4.79 Å². The monoisotopic (exact) mass is 300 g/mol. The maximum Gasteiger partial charge on any atom is 0.317 e. The highest BCUT2D eigenvalue weighted by molar-refractivity contribution is 7.99. The molecule has 0 aromatic rings. The molecular formula is C14H24N2O3S. The Bertz CT molecular complexity index is 377. The molecule has 2 N–H and O–H groups in total. The number of rotatable bonds is 4. The second kappa shape index (κ2) is 6.70. The Morgan fingerprint density at radius 3 is 2.70 bits per heavy atom. The van der Waals surface area contributed by atoms with Gasteiger partial charge in [0.1, 0.15) is 0 Å². The van der Waals surface area contributed by atoms with E-state index in [0.717, 1.165) is 25.0 Å². The van der Waals surface area contributed by atoms with Crippen molar-refractivity contribution in [2.24, 2.45) is 5.92 Å². The summed E-state index contributed by atoms with van der Waals surface area (Å²) in [5.41, 5.74) is 0. The summed E-state index contributed by atoms with van der Waals surface area (Å²) in [7, 11) is 0. The van der Waals surface area contributed by atoms with Crippen molar-refractivity contribution >= 4 is 23.8 Å². The van der Waals surface area contributed by atoms with Gasteiger partial charge in [0.2, 0.25) is 0 Å². The summed E-state index contributed by atoms with van der Waals surface area (Å²) in [6.45, 7) is 4.54. The number of nitrogens with one attached hydrogen (secondary N) is 1. The van der Waals surface area contributed by atoms with Crippen molar-refractivity contribution < 1.29 is 14.7 Å². The van der Waals surface area contributed by atoms with Crippen LogP contribution < -0.4 is 5.32 Å². The zero-order chi connectivity index (χ0) is 14.7. The number of carbonyl (C=O) groups is 2. The van der Waals surface area contributed by atoms with Crippen LogP contribution >= 0.6 is 11.8 Å². The van der Waals surface area contributed by atoms with Crippen LogP contribution in [0.25, 0.3) is 0 Å². The highest BCUT2D eigenvalue weighted by atomic mass is 32.2. The minimum absolute atomic E-state index is 0.0894. The molecule has 5 nitrogen and oxygen atoms in total. The van der Waals surface area contributed by atoms with Crippen molar-refractivity contribution in [1.29, 1.82) is 0 Å². The van der Waals surface area contributed by atoms with Crippen molar-refractivity contribution in [3.63, 3.8) is 0 Å². The predicted octanol–water partition coefficient (Wildman–Crippen LogP) is 2.17. The summed E-state index contributed by atoms with van der Waals surface area (Å²) in [5, 5.41) is 12.8. The third-order valence-electron chi connectivity index (χ3n) is 4.45. The van der Waals surface area contributed by atoms with Crippen LogP contribution in [0, 0.1) is 5.92 Å². The number of carboxylic acid groups (broad SMARTS) is 1. The van der Waals surface area contributed by atoms with E-state index in [1.54, 1.807) is 4.90 Å². The number of likely N-dealkylation sites (tertiary alicyclic amines) is 1. The first-order valence-electron chi connectivity index (χ1n) is 7.44. The fourth-order valence-corrected chi connectivity index (χ4v) is 4.41. The van der Waals surface area contributed by atoms with E-state index in [0.29, 0.717) is 18.2 Å². The summed E-state index contributed by atoms with van der Waals surface area (Å²) in [6, 6.07) is -0.0502. The molecule has 2 rings (SSSR count). The number of aliphatic carboxylic acids is 1. The van der Waals surface area contributed by atoms with Gasteiger partial charge in [0.05, 0.1) is 5.92 Å². The lowest BCUT2D eigenvalue weighted by Crippen LogP contribution is -2.47. The van der Waals surface area contributed by atoms with Gasteiger partial charge in [0, 0.05) is 23.9 Å². The SMILES string of the molecule is CCSC1CCC(NC(=O)N2CCC(C(=O)O)C2C)C1. The van der Waals surface area contributed by atoms with Crippen molar-refractivity contribution in [2.45, 2.75) is 56.9 Å². The first kappa shape index (κ1) is 15.5. The van der Waals surface area contributed by atoms with Gasteiger partial charge in [-0.05, 0) is 38.4 Å². The van der Waals surface area contributed by atoms with Gasteiger partial charge in [-0.2, -0.15) is 11.8 Å². The first-order valence-corrected chi connectivity index (χ1v) is 8.49. The molecule has 0 bridgehead atoms. The second-order valence-corrected chi connectivity index (χ2v) is 7.28. The maximum absolute atomic E-state index is 12.3. The van der Waals surface area contributed by atoms with Gasteiger partial charge in [0.25, 0.3) is 0 Å². The van der Waals surface area contributed by atoms with E-state index in [4.69, 9.17) is 5.11 Å². The smallest absolute Gasteiger partial charge is 0.317 e. The lowest BCUT2D eigenvalue weighted by Gasteiger charge is -2.25. The average Bonchev–Trinajstić information content (AvgIpc) is 2.96. The number of carbonyl (C=O) groups excluding carboxylic acids is 1. The topological polar surface area (TPSA) is 69.6 Å². The van der Waals surface area contributed by atoms with Crippen LogP contribution in [0.2, 0.25) is 0 Å². The van der Waals surface area contributed by atoms with Crippen LogP contribution in [0.4, 0.5) is 4.79 Å². The summed E-state index contributed by atoms with van der Waals surface area (Å²) in [6.07, 6.45) is 3.79. The molecule has 1 heterocycles. The minimum atomic E-state index is -0.798. The Hall–Kier alpha value is -0.910. The largest absolute Gasteiger partial charge is 0.481 e. The maximum atomic E-state index is 12.3. The molecule has 114 valence electrons. The van der Waals surface area contributed by atoms with Crippen LogP contribution in [0.15, 0.2) is 0 Å². The number of hydrogen-bond donors (Lipinski definition) is 2. The van der Waals surface area contributed by atoms with Crippen molar-refractivity contribution in [1.82, 2.24) is 10.2 Å². The van der Waals surface area contributed by atoms with Crippen LogP contribution in [-0.2, 0) is 4.79 Å². The Kier molecular flexibility index (Phi) is 5.18. The van der Waals surface area contributed by atoms with E-state index in [1.807, 2.05) is 18.7 Å². The molecule has 1 aliphatic carbocycles. The average molecular weight is 300 g/mol. The first-order chi connectivity index (χ1) is 9.52. The van der Waals surface area contributed by atoms with E-state index in [1.165, 1.54) is 0 Å². The number of nitrogens with zero attached hydrogens (tertiary/aromatic N) is 1. The molecule has 2 amide bonds. The van der Waals surface area contributed by atoms with Gasteiger partial charge in [0.15, 0.2) is 0 Å². The van der Waals surface area contributed by atoms with E-state index < -0.39 is 11.9 Å². The van der Waals surface area contributed by atoms with Crippen LogP contribution in [0.3, 0.4) is 0 Å². The normalized spacial score (nSPS) is 33.4. The molecule has 0 aromatic carbocycles. The third-order valence-corrected chi connectivity index (χ3v) is 5.68. The molecule has 0 aromatic heterocycles. The molecule has 1 saturated heterocycles. The Morgan fingerprint density at radius 2 is 2.10 bits per heavy atom. The highest BCUT2D eigenvalue weighted by Gasteiger charge is 2.39. The van der Waals surface area contributed by atoms with E-state index in [-0.39, 0.29) is 18.1 Å². The minimum Gasteiger partial charge on any atom is -0.481 e. The number of carboxylic acids is 1. The van der Waals surface area contributed by atoms with Crippen molar-refractivity contribution in [2.75, 3.05) is 12.3 Å². The zero-order valence-electron chi connectivity index (χ0n) is 12.2. The molecule has 2 fully saturated rings. The molecule has 0 radical (unpaired) electrons. The van der Waals surface area contributed by atoms with Gasteiger partial charge < -0.3 is 15.3 Å². The van der Waals surface area contributed by atoms with Crippen molar-refractivity contribution in [3.05, 3.63) is 0 Å².